The first-order chi connectivity index (χ1) is 17.7. The van der Waals surface area contributed by atoms with Gasteiger partial charge in [-0.25, -0.2) is 9.50 Å². The number of amides is 1. The van der Waals surface area contributed by atoms with Crippen LogP contribution in [0.25, 0.3) is 16.9 Å². The molecule has 1 aliphatic rings. The Bertz CT molecular complexity index is 1510. The highest BCUT2D eigenvalue weighted by molar-refractivity contribution is 6.11. The van der Waals surface area contributed by atoms with Gasteiger partial charge in [0.2, 0.25) is 0 Å². The molecule has 3 heterocycles. The number of carbonyl (C=O) groups excluding carboxylic acids is 2. The summed E-state index contributed by atoms with van der Waals surface area (Å²) in [5.41, 5.74) is 12.2. The molecule has 1 amide bonds. The minimum absolute atomic E-state index is 0.0903. The van der Waals surface area contributed by atoms with Crippen molar-refractivity contribution in [2.75, 3.05) is 18.1 Å². The number of nitrogens with two attached hydrogens (primary N) is 1. The molecular formula is C27H32N8O2. The van der Waals surface area contributed by atoms with Gasteiger partial charge >= 0.3 is 0 Å². The third kappa shape index (κ3) is 4.60. The van der Waals surface area contributed by atoms with E-state index in [-0.39, 0.29) is 11.4 Å². The van der Waals surface area contributed by atoms with E-state index >= 15 is 0 Å². The lowest BCUT2D eigenvalue weighted by atomic mass is 9.96. The Balaban J connectivity index is 1.52. The van der Waals surface area contributed by atoms with Gasteiger partial charge in [0.25, 0.3) is 5.91 Å². The standard InChI is InChI=1S/C27H32N8O2/c1-15-10-19(11-20(21(15)14-36)13-33(4)16(2)18-6-7-18)22-8-9-35-26(30-22)24(25(28)32-35)27(37)31-23-12-29-34(5)17(23)3/h8-12,14,16,18H,6-7,13H2,1-5H3,(H2,28,32)(H,31,37). The number of nitrogens with zero attached hydrogens (tertiary/aromatic N) is 6. The highest BCUT2D eigenvalue weighted by Crippen LogP contribution is 2.35. The number of hydrogen-bond donors (Lipinski definition) is 2. The number of anilines is 2. The molecule has 0 radical (unpaired) electrons. The summed E-state index contributed by atoms with van der Waals surface area (Å²) in [5.74, 6) is 0.412. The van der Waals surface area contributed by atoms with Gasteiger partial charge in [0.1, 0.15) is 5.56 Å². The molecule has 3 N–H and O–H groups in total. The Labute approximate surface area is 215 Å². The fourth-order valence-electron chi connectivity index (χ4n) is 4.80. The number of nitrogens with one attached hydrogen (secondary N) is 1. The average Bonchev–Trinajstić information content (AvgIpc) is 3.60. The van der Waals surface area contributed by atoms with E-state index in [9.17, 15) is 9.59 Å². The second-order valence-corrected chi connectivity index (χ2v) is 10.0. The summed E-state index contributed by atoms with van der Waals surface area (Å²) in [4.78, 5) is 32.2. The smallest absolute Gasteiger partial charge is 0.263 e. The van der Waals surface area contributed by atoms with Gasteiger partial charge in [0, 0.05) is 37.0 Å². The number of nitrogen functional groups attached to an aromatic ring is 1. The van der Waals surface area contributed by atoms with E-state index in [0.29, 0.717) is 35.2 Å². The molecule has 10 heteroatoms. The zero-order valence-corrected chi connectivity index (χ0v) is 21.8. The van der Waals surface area contributed by atoms with Crippen LogP contribution in [0.15, 0.2) is 30.6 Å². The van der Waals surface area contributed by atoms with Crippen molar-refractivity contribution in [3.8, 4) is 11.3 Å². The third-order valence-electron chi connectivity index (χ3n) is 7.53. The number of rotatable bonds is 8. The summed E-state index contributed by atoms with van der Waals surface area (Å²) < 4.78 is 3.18. The van der Waals surface area contributed by atoms with Crippen LogP contribution in [0.4, 0.5) is 11.5 Å². The Morgan fingerprint density at radius 2 is 2.08 bits per heavy atom. The minimum atomic E-state index is -0.405. The van der Waals surface area contributed by atoms with E-state index in [2.05, 4.69) is 34.4 Å². The summed E-state index contributed by atoms with van der Waals surface area (Å²) in [7, 11) is 3.91. The van der Waals surface area contributed by atoms with E-state index in [4.69, 9.17) is 10.7 Å². The zero-order valence-electron chi connectivity index (χ0n) is 21.8. The number of aldehydes is 1. The fraction of sp³-hybridized carbons (Fsp3) is 0.370. The van der Waals surface area contributed by atoms with Crippen molar-refractivity contribution in [1.82, 2.24) is 29.3 Å². The first-order valence-electron chi connectivity index (χ1n) is 12.4. The number of aryl methyl sites for hydroxylation is 2. The molecule has 1 atom stereocenters. The average molecular weight is 501 g/mol. The lowest BCUT2D eigenvalue weighted by Crippen LogP contribution is -2.30. The Kier molecular flexibility index (Phi) is 6.28. The van der Waals surface area contributed by atoms with Crippen LogP contribution >= 0.6 is 0 Å². The predicted octanol–water partition coefficient (Wildman–Crippen LogP) is 3.62. The van der Waals surface area contributed by atoms with Gasteiger partial charge < -0.3 is 11.1 Å². The van der Waals surface area contributed by atoms with Gasteiger partial charge in [-0.15, -0.1) is 5.10 Å². The van der Waals surface area contributed by atoms with Gasteiger partial charge in [0.05, 0.1) is 23.3 Å². The van der Waals surface area contributed by atoms with Crippen LogP contribution in [-0.2, 0) is 13.6 Å². The molecule has 0 bridgehead atoms. The summed E-state index contributed by atoms with van der Waals surface area (Å²) in [6.45, 7) is 6.71. The molecule has 3 aromatic heterocycles. The van der Waals surface area contributed by atoms with Crippen LogP contribution in [0.5, 0.6) is 0 Å². The molecular weight excluding hydrogens is 468 g/mol. The quantitative estimate of drug-likeness (QED) is 0.354. The van der Waals surface area contributed by atoms with E-state index in [1.165, 1.54) is 17.4 Å². The molecule has 1 unspecified atom stereocenters. The maximum absolute atomic E-state index is 13.2. The van der Waals surface area contributed by atoms with Crippen molar-refractivity contribution in [3.63, 3.8) is 0 Å². The maximum atomic E-state index is 13.2. The molecule has 5 rings (SSSR count). The number of carbonyl (C=O) groups is 2. The molecule has 1 aromatic carbocycles. The summed E-state index contributed by atoms with van der Waals surface area (Å²) in [5, 5.41) is 11.3. The maximum Gasteiger partial charge on any atom is 0.263 e. The first kappa shape index (κ1) is 24.6. The van der Waals surface area contributed by atoms with Crippen LogP contribution in [0, 0.1) is 19.8 Å². The van der Waals surface area contributed by atoms with Gasteiger partial charge in [-0.05, 0) is 75.9 Å². The van der Waals surface area contributed by atoms with Crippen molar-refractivity contribution < 1.29 is 9.59 Å². The van der Waals surface area contributed by atoms with E-state index < -0.39 is 5.91 Å². The molecule has 1 aliphatic carbocycles. The van der Waals surface area contributed by atoms with Crippen LogP contribution in [-0.4, -0.2) is 54.6 Å². The lowest BCUT2D eigenvalue weighted by molar-refractivity contribution is 0.102. The molecule has 1 saturated carbocycles. The molecule has 192 valence electrons. The lowest BCUT2D eigenvalue weighted by Gasteiger charge is -2.26. The van der Waals surface area contributed by atoms with Crippen molar-refractivity contribution in [1.29, 1.82) is 0 Å². The van der Waals surface area contributed by atoms with Crippen molar-refractivity contribution in [2.45, 2.75) is 46.2 Å². The van der Waals surface area contributed by atoms with E-state index in [1.807, 2.05) is 32.0 Å². The van der Waals surface area contributed by atoms with Gasteiger partial charge in [-0.3, -0.25) is 19.2 Å². The number of fused-ring (bicyclic) bond motifs is 1. The zero-order chi connectivity index (χ0) is 26.4. The molecule has 1 fully saturated rings. The highest BCUT2D eigenvalue weighted by Gasteiger charge is 2.30. The molecule has 0 spiro atoms. The third-order valence-corrected chi connectivity index (χ3v) is 7.53. The number of hydrogen-bond acceptors (Lipinski definition) is 7. The Morgan fingerprint density at radius 1 is 1.32 bits per heavy atom. The second-order valence-electron chi connectivity index (χ2n) is 10.0. The molecule has 0 saturated heterocycles. The predicted molar refractivity (Wildman–Crippen MR) is 143 cm³/mol. The Morgan fingerprint density at radius 3 is 2.73 bits per heavy atom. The molecule has 4 aromatic rings. The molecule has 37 heavy (non-hydrogen) atoms. The normalized spacial score (nSPS) is 14.3. The number of benzene rings is 1. The van der Waals surface area contributed by atoms with Gasteiger partial charge in [0.15, 0.2) is 17.8 Å². The van der Waals surface area contributed by atoms with Gasteiger partial charge in [-0.2, -0.15) is 5.10 Å². The number of aromatic nitrogens is 5. The first-order valence-corrected chi connectivity index (χ1v) is 12.4. The molecule has 0 aliphatic heterocycles. The largest absolute Gasteiger partial charge is 0.381 e. The monoisotopic (exact) mass is 500 g/mol. The topological polar surface area (TPSA) is 123 Å². The molecule has 10 nitrogen and oxygen atoms in total. The van der Waals surface area contributed by atoms with Crippen LogP contribution in [0.3, 0.4) is 0 Å². The van der Waals surface area contributed by atoms with Crippen LogP contribution in [0.1, 0.15) is 57.3 Å². The van der Waals surface area contributed by atoms with Crippen molar-refractivity contribution in [3.05, 3.63) is 58.5 Å². The van der Waals surface area contributed by atoms with Crippen molar-refractivity contribution in [2.24, 2.45) is 13.0 Å². The second kappa shape index (κ2) is 9.44. The van der Waals surface area contributed by atoms with E-state index in [1.54, 1.807) is 24.1 Å². The summed E-state index contributed by atoms with van der Waals surface area (Å²) in [6, 6.07) is 6.26. The van der Waals surface area contributed by atoms with Crippen LogP contribution < -0.4 is 11.1 Å². The highest BCUT2D eigenvalue weighted by atomic mass is 16.1. The van der Waals surface area contributed by atoms with Crippen LogP contribution in [0.2, 0.25) is 0 Å². The minimum Gasteiger partial charge on any atom is -0.381 e. The summed E-state index contributed by atoms with van der Waals surface area (Å²) in [6.07, 6.45) is 6.79. The fourth-order valence-corrected chi connectivity index (χ4v) is 4.80. The summed E-state index contributed by atoms with van der Waals surface area (Å²) >= 11 is 0. The SMILES string of the molecule is Cc1cc(-c2ccn3nc(N)c(C(=O)Nc4cnn(C)c4C)c3n2)cc(CN(C)C(C)C2CC2)c1C=O. The Hall–Kier alpha value is -4.05. The van der Waals surface area contributed by atoms with Gasteiger partial charge in [-0.1, -0.05) is 0 Å². The van der Waals surface area contributed by atoms with Crippen molar-refractivity contribution >= 4 is 29.3 Å². The van der Waals surface area contributed by atoms with E-state index in [0.717, 1.165) is 34.6 Å².